The van der Waals surface area contributed by atoms with Crippen LogP contribution in [0.3, 0.4) is 0 Å². The van der Waals surface area contributed by atoms with E-state index in [9.17, 15) is 4.79 Å². The van der Waals surface area contributed by atoms with Gasteiger partial charge in [0.05, 0.1) is 6.61 Å². The van der Waals surface area contributed by atoms with Crippen molar-refractivity contribution >= 4 is 5.91 Å². The third-order valence-electron chi connectivity index (χ3n) is 3.88. The SMILES string of the molecule is CN1CCC(C)(NC(=O)c2cccc(CO)c2)CC1. The van der Waals surface area contributed by atoms with Crippen molar-refractivity contribution in [2.45, 2.75) is 31.9 Å². The second kappa shape index (κ2) is 5.72. The molecule has 4 nitrogen and oxygen atoms in total. The number of aliphatic hydroxyl groups excluding tert-OH is 1. The Kier molecular flexibility index (Phi) is 4.22. The van der Waals surface area contributed by atoms with Crippen LogP contribution in [0.1, 0.15) is 35.7 Å². The third kappa shape index (κ3) is 3.55. The van der Waals surface area contributed by atoms with Gasteiger partial charge in [-0.1, -0.05) is 12.1 Å². The molecule has 2 rings (SSSR count). The Morgan fingerprint density at radius 1 is 1.42 bits per heavy atom. The molecule has 1 aromatic rings. The minimum Gasteiger partial charge on any atom is -0.392 e. The number of hydrogen-bond donors (Lipinski definition) is 2. The highest BCUT2D eigenvalue weighted by Gasteiger charge is 2.30. The molecule has 1 heterocycles. The van der Waals surface area contributed by atoms with Gasteiger partial charge >= 0.3 is 0 Å². The van der Waals surface area contributed by atoms with Crippen molar-refractivity contribution in [3.63, 3.8) is 0 Å². The van der Waals surface area contributed by atoms with E-state index in [0.717, 1.165) is 31.5 Å². The Bertz CT molecular complexity index is 451. The number of piperidine rings is 1. The minimum atomic E-state index is -0.126. The minimum absolute atomic E-state index is 0.0385. The maximum atomic E-state index is 12.3. The second-order valence-corrected chi connectivity index (χ2v) is 5.68. The van der Waals surface area contributed by atoms with Crippen molar-refractivity contribution < 1.29 is 9.90 Å². The Morgan fingerprint density at radius 3 is 2.74 bits per heavy atom. The molecule has 4 heteroatoms. The first-order valence-corrected chi connectivity index (χ1v) is 6.73. The Labute approximate surface area is 114 Å². The van der Waals surface area contributed by atoms with Gasteiger partial charge in [-0.05, 0) is 44.5 Å². The third-order valence-corrected chi connectivity index (χ3v) is 3.88. The summed E-state index contributed by atoms with van der Waals surface area (Å²) in [5.41, 5.74) is 1.26. The first-order valence-electron chi connectivity index (χ1n) is 6.73. The number of rotatable bonds is 3. The highest BCUT2D eigenvalue weighted by atomic mass is 16.3. The standard InChI is InChI=1S/C15H22N2O2/c1-15(6-8-17(2)9-7-15)16-14(19)13-5-3-4-12(10-13)11-18/h3-5,10,18H,6-9,11H2,1-2H3,(H,16,19). The molecule has 0 aromatic heterocycles. The molecule has 0 radical (unpaired) electrons. The molecule has 1 aliphatic rings. The van der Waals surface area contributed by atoms with Gasteiger partial charge in [0.2, 0.25) is 0 Å². The zero-order valence-electron chi connectivity index (χ0n) is 11.6. The van der Waals surface area contributed by atoms with E-state index in [-0.39, 0.29) is 18.1 Å². The summed E-state index contributed by atoms with van der Waals surface area (Å²) in [6.45, 7) is 4.08. The molecule has 2 N–H and O–H groups in total. The number of nitrogens with one attached hydrogen (secondary N) is 1. The quantitative estimate of drug-likeness (QED) is 0.865. The van der Waals surface area contributed by atoms with E-state index >= 15 is 0 Å². The molecule has 1 saturated heterocycles. The molecule has 19 heavy (non-hydrogen) atoms. The van der Waals surface area contributed by atoms with Gasteiger partial charge in [0.25, 0.3) is 5.91 Å². The summed E-state index contributed by atoms with van der Waals surface area (Å²) in [7, 11) is 2.10. The first-order chi connectivity index (χ1) is 9.02. The molecular formula is C15H22N2O2. The molecule has 0 spiro atoms. The van der Waals surface area contributed by atoms with E-state index in [1.807, 2.05) is 6.07 Å². The lowest BCUT2D eigenvalue weighted by Crippen LogP contribution is -2.52. The van der Waals surface area contributed by atoms with Gasteiger partial charge in [0.1, 0.15) is 0 Å². The van der Waals surface area contributed by atoms with Gasteiger partial charge in [-0.25, -0.2) is 0 Å². The van der Waals surface area contributed by atoms with Crippen molar-refractivity contribution in [3.05, 3.63) is 35.4 Å². The highest BCUT2D eigenvalue weighted by molar-refractivity contribution is 5.94. The number of aliphatic hydroxyl groups is 1. The van der Waals surface area contributed by atoms with Gasteiger partial charge < -0.3 is 15.3 Å². The lowest BCUT2D eigenvalue weighted by atomic mass is 9.89. The molecule has 0 unspecified atom stereocenters. The maximum Gasteiger partial charge on any atom is 0.251 e. The molecule has 104 valence electrons. The summed E-state index contributed by atoms with van der Waals surface area (Å²) in [5, 5.41) is 12.2. The number of hydrogen-bond acceptors (Lipinski definition) is 3. The monoisotopic (exact) mass is 262 g/mol. The number of likely N-dealkylation sites (tertiary alicyclic amines) is 1. The van der Waals surface area contributed by atoms with Crippen LogP contribution < -0.4 is 5.32 Å². The Morgan fingerprint density at radius 2 is 2.11 bits per heavy atom. The molecule has 1 aliphatic heterocycles. The van der Waals surface area contributed by atoms with Crippen LogP contribution in [0.2, 0.25) is 0 Å². The lowest BCUT2D eigenvalue weighted by molar-refractivity contribution is 0.0852. The number of nitrogens with zero attached hydrogens (tertiary/aromatic N) is 1. The second-order valence-electron chi connectivity index (χ2n) is 5.68. The predicted octanol–water partition coefficient (Wildman–Crippen LogP) is 1.39. The summed E-state index contributed by atoms with van der Waals surface area (Å²) in [4.78, 5) is 14.5. The van der Waals surface area contributed by atoms with E-state index in [1.165, 1.54) is 0 Å². The highest BCUT2D eigenvalue weighted by Crippen LogP contribution is 2.21. The number of benzene rings is 1. The van der Waals surface area contributed by atoms with Crippen LogP contribution in [0.25, 0.3) is 0 Å². The zero-order valence-corrected chi connectivity index (χ0v) is 11.6. The van der Waals surface area contributed by atoms with E-state index in [1.54, 1.807) is 18.2 Å². The molecule has 0 bridgehead atoms. The predicted molar refractivity (Wildman–Crippen MR) is 75.0 cm³/mol. The van der Waals surface area contributed by atoms with Gasteiger partial charge in [-0.3, -0.25) is 4.79 Å². The van der Waals surface area contributed by atoms with Crippen LogP contribution in [-0.4, -0.2) is 41.6 Å². The van der Waals surface area contributed by atoms with E-state index in [2.05, 4.69) is 24.2 Å². The topological polar surface area (TPSA) is 52.6 Å². The average Bonchev–Trinajstić information content (AvgIpc) is 2.42. The molecule has 1 amide bonds. The van der Waals surface area contributed by atoms with Crippen LogP contribution >= 0.6 is 0 Å². The van der Waals surface area contributed by atoms with Crippen molar-refractivity contribution in [2.24, 2.45) is 0 Å². The fraction of sp³-hybridized carbons (Fsp3) is 0.533. The van der Waals surface area contributed by atoms with Gasteiger partial charge in [-0.15, -0.1) is 0 Å². The normalized spacial score (nSPS) is 19.1. The summed E-state index contributed by atoms with van der Waals surface area (Å²) in [5.74, 6) is -0.0534. The summed E-state index contributed by atoms with van der Waals surface area (Å²) >= 11 is 0. The largest absolute Gasteiger partial charge is 0.392 e. The van der Waals surface area contributed by atoms with Gasteiger partial charge in [-0.2, -0.15) is 0 Å². The number of amides is 1. The van der Waals surface area contributed by atoms with Crippen LogP contribution in [-0.2, 0) is 6.61 Å². The van der Waals surface area contributed by atoms with Crippen molar-refractivity contribution in [3.8, 4) is 0 Å². The number of carbonyl (C=O) groups is 1. The molecule has 1 aromatic carbocycles. The van der Waals surface area contributed by atoms with E-state index in [0.29, 0.717) is 5.56 Å². The smallest absolute Gasteiger partial charge is 0.251 e. The summed E-state index contributed by atoms with van der Waals surface area (Å²) < 4.78 is 0. The summed E-state index contributed by atoms with van der Waals surface area (Å²) in [6.07, 6.45) is 1.93. The number of carbonyl (C=O) groups excluding carboxylic acids is 1. The van der Waals surface area contributed by atoms with Crippen molar-refractivity contribution in [1.82, 2.24) is 10.2 Å². The van der Waals surface area contributed by atoms with Crippen LogP contribution in [0.4, 0.5) is 0 Å². The van der Waals surface area contributed by atoms with E-state index in [4.69, 9.17) is 5.11 Å². The fourth-order valence-electron chi connectivity index (χ4n) is 2.39. The van der Waals surface area contributed by atoms with Crippen molar-refractivity contribution in [1.29, 1.82) is 0 Å². The van der Waals surface area contributed by atoms with E-state index < -0.39 is 0 Å². The maximum absolute atomic E-state index is 12.3. The van der Waals surface area contributed by atoms with Crippen LogP contribution in [0.5, 0.6) is 0 Å². The van der Waals surface area contributed by atoms with Gasteiger partial charge in [0.15, 0.2) is 0 Å². The first kappa shape index (κ1) is 14.0. The molecule has 1 fully saturated rings. The van der Waals surface area contributed by atoms with Crippen LogP contribution in [0.15, 0.2) is 24.3 Å². The average molecular weight is 262 g/mol. The lowest BCUT2D eigenvalue weighted by Gasteiger charge is -2.38. The Hall–Kier alpha value is -1.39. The molecule has 0 atom stereocenters. The zero-order chi connectivity index (χ0) is 13.9. The fourth-order valence-corrected chi connectivity index (χ4v) is 2.39. The summed E-state index contributed by atoms with van der Waals surface area (Å²) in [6, 6.07) is 7.14. The molecular weight excluding hydrogens is 240 g/mol. The van der Waals surface area contributed by atoms with Crippen molar-refractivity contribution in [2.75, 3.05) is 20.1 Å². The molecule has 0 saturated carbocycles. The Balaban J connectivity index is 2.04. The van der Waals surface area contributed by atoms with Crippen LogP contribution in [0, 0.1) is 0 Å². The van der Waals surface area contributed by atoms with Gasteiger partial charge in [0, 0.05) is 24.2 Å². The molecule has 0 aliphatic carbocycles.